The van der Waals surface area contributed by atoms with E-state index in [0.29, 0.717) is 22.3 Å². The van der Waals surface area contributed by atoms with Crippen LogP contribution in [-0.2, 0) is 4.74 Å². The first-order chi connectivity index (χ1) is 12.2. The van der Waals surface area contributed by atoms with Crippen molar-refractivity contribution in [3.05, 3.63) is 42.0 Å². The van der Waals surface area contributed by atoms with Crippen LogP contribution in [0.3, 0.4) is 0 Å². The number of hydrogen-bond acceptors (Lipinski definition) is 4. The Morgan fingerprint density at radius 3 is 2.50 bits per heavy atom. The summed E-state index contributed by atoms with van der Waals surface area (Å²) in [5.41, 5.74) is 1.63. The second-order valence-corrected chi connectivity index (χ2v) is 8.59. The van der Waals surface area contributed by atoms with E-state index in [9.17, 15) is 4.79 Å². The van der Waals surface area contributed by atoms with E-state index in [0.717, 1.165) is 10.4 Å². The van der Waals surface area contributed by atoms with Gasteiger partial charge in [0.1, 0.15) is 5.00 Å². The predicted molar refractivity (Wildman–Crippen MR) is 114 cm³/mol. The van der Waals surface area contributed by atoms with E-state index in [1.807, 2.05) is 36.4 Å². The van der Waals surface area contributed by atoms with Crippen LogP contribution < -0.4 is 10.6 Å². The van der Waals surface area contributed by atoms with Crippen LogP contribution in [-0.4, -0.2) is 23.7 Å². The molecule has 0 bridgehead atoms. The van der Waals surface area contributed by atoms with E-state index in [4.69, 9.17) is 17.0 Å². The quantitative estimate of drug-likeness (QED) is 0.535. The topological polar surface area (TPSA) is 50.4 Å². The van der Waals surface area contributed by atoms with Gasteiger partial charge < -0.3 is 15.4 Å². The number of carbonyl (C=O) groups excluding carboxylic acids is 1. The van der Waals surface area contributed by atoms with Crippen LogP contribution in [0.5, 0.6) is 0 Å². The van der Waals surface area contributed by atoms with Gasteiger partial charge in [-0.05, 0) is 43.1 Å². The summed E-state index contributed by atoms with van der Waals surface area (Å²) in [5, 5.41) is 7.67. The van der Waals surface area contributed by atoms with Gasteiger partial charge in [0, 0.05) is 10.9 Å². The monoisotopic (exact) mass is 390 g/mol. The minimum absolute atomic E-state index is 0.0698. The first-order valence-electron chi connectivity index (χ1n) is 8.66. The summed E-state index contributed by atoms with van der Waals surface area (Å²) in [6, 6.07) is 12.0. The molecule has 1 atom stereocenters. The van der Waals surface area contributed by atoms with Crippen LogP contribution in [0.4, 0.5) is 5.00 Å². The highest BCUT2D eigenvalue weighted by atomic mass is 32.1. The molecule has 0 aliphatic rings. The Hall–Kier alpha value is -1.92. The van der Waals surface area contributed by atoms with Crippen molar-refractivity contribution in [1.29, 1.82) is 0 Å². The fourth-order valence-electron chi connectivity index (χ4n) is 2.14. The lowest BCUT2D eigenvalue weighted by Gasteiger charge is -2.29. The van der Waals surface area contributed by atoms with Crippen LogP contribution in [0.2, 0.25) is 0 Å². The molecule has 0 saturated carbocycles. The molecule has 0 aliphatic heterocycles. The zero-order valence-electron chi connectivity index (χ0n) is 15.9. The average Bonchev–Trinajstić information content (AvgIpc) is 2.98. The molecule has 140 valence electrons. The van der Waals surface area contributed by atoms with Crippen LogP contribution >= 0.6 is 23.6 Å². The lowest BCUT2D eigenvalue weighted by molar-refractivity contribution is 0.0528. The number of hydrogen-bond donors (Lipinski definition) is 2. The Kier molecular flexibility index (Phi) is 6.78. The third-order valence-electron chi connectivity index (χ3n) is 4.16. The molecular weight excluding hydrogens is 364 g/mol. The van der Waals surface area contributed by atoms with Crippen molar-refractivity contribution in [1.82, 2.24) is 5.32 Å². The molecule has 0 radical (unpaired) electrons. The van der Waals surface area contributed by atoms with Crippen molar-refractivity contribution < 1.29 is 9.53 Å². The smallest absolute Gasteiger partial charge is 0.341 e. The molecule has 4 nitrogen and oxygen atoms in total. The van der Waals surface area contributed by atoms with Crippen LogP contribution in [0.15, 0.2) is 36.4 Å². The zero-order valence-corrected chi connectivity index (χ0v) is 17.5. The largest absolute Gasteiger partial charge is 0.462 e. The first-order valence-corrected chi connectivity index (χ1v) is 9.88. The molecule has 0 amide bonds. The normalized spacial score (nSPS) is 12.3. The number of ether oxygens (including phenoxy) is 1. The Balaban J connectivity index is 2.26. The minimum atomic E-state index is -0.347. The molecule has 1 aromatic heterocycles. The minimum Gasteiger partial charge on any atom is -0.462 e. The lowest BCUT2D eigenvalue weighted by Crippen LogP contribution is -2.43. The van der Waals surface area contributed by atoms with E-state index < -0.39 is 0 Å². The van der Waals surface area contributed by atoms with Crippen molar-refractivity contribution in [3.63, 3.8) is 0 Å². The highest BCUT2D eigenvalue weighted by Gasteiger charge is 2.22. The highest BCUT2D eigenvalue weighted by Crippen LogP contribution is 2.36. The number of nitrogens with one attached hydrogen (secondary N) is 2. The highest BCUT2D eigenvalue weighted by molar-refractivity contribution is 7.80. The molecular formula is C20H26N2O2S2. The third kappa shape index (κ3) is 5.29. The lowest BCUT2D eigenvalue weighted by atomic mass is 9.88. The third-order valence-corrected chi connectivity index (χ3v) is 5.48. The van der Waals surface area contributed by atoms with Crippen LogP contribution in [0.1, 0.15) is 45.0 Å². The van der Waals surface area contributed by atoms with Crippen molar-refractivity contribution in [2.75, 3.05) is 11.9 Å². The van der Waals surface area contributed by atoms with Gasteiger partial charge in [-0.3, -0.25) is 0 Å². The standard InChI is InChI=1S/C20H26N2O2S2/c1-6-24-18(23)15-12-16(14-10-8-7-9-11-14)26-17(15)22-19(25)21-13(2)20(3,4)5/h7-13H,6H2,1-5H3,(H2,21,22,25). The Bertz CT molecular complexity index is 764. The number of anilines is 1. The first kappa shape index (κ1) is 20.4. The maximum Gasteiger partial charge on any atom is 0.341 e. The summed E-state index contributed by atoms with van der Waals surface area (Å²) in [6.45, 7) is 10.7. The Morgan fingerprint density at radius 1 is 1.27 bits per heavy atom. The van der Waals surface area contributed by atoms with E-state index in [1.165, 1.54) is 11.3 Å². The van der Waals surface area contributed by atoms with E-state index in [1.54, 1.807) is 6.92 Å². The summed E-state index contributed by atoms with van der Waals surface area (Å²) in [7, 11) is 0. The summed E-state index contributed by atoms with van der Waals surface area (Å²) in [4.78, 5) is 13.3. The molecule has 0 aliphatic carbocycles. The second kappa shape index (κ2) is 8.64. The SMILES string of the molecule is CCOC(=O)c1cc(-c2ccccc2)sc1NC(=S)NC(C)C(C)(C)C. The van der Waals surface area contributed by atoms with Gasteiger partial charge in [-0.2, -0.15) is 0 Å². The molecule has 26 heavy (non-hydrogen) atoms. The Labute approximate surface area is 165 Å². The van der Waals surface area contributed by atoms with Crippen LogP contribution in [0.25, 0.3) is 10.4 Å². The van der Waals surface area contributed by atoms with Crippen molar-refractivity contribution >= 4 is 39.6 Å². The van der Waals surface area contributed by atoms with E-state index >= 15 is 0 Å². The molecule has 1 heterocycles. The molecule has 1 unspecified atom stereocenters. The van der Waals surface area contributed by atoms with Gasteiger partial charge in [-0.25, -0.2) is 4.79 Å². The van der Waals surface area contributed by atoms with Gasteiger partial charge in [0.25, 0.3) is 0 Å². The van der Waals surface area contributed by atoms with E-state index in [2.05, 4.69) is 38.3 Å². The van der Waals surface area contributed by atoms with Gasteiger partial charge in [-0.1, -0.05) is 51.1 Å². The average molecular weight is 391 g/mol. The molecule has 6 heteroatoms. The molecule has 2 rings (SSSR count). The van der Waals surface area contributed by atoms with Crippen molar-refractivity contribution in [2.24, 2.45) is 5.41 Å². The molecule has 1 aromatic carbocycles. The van der Waals surface area contributed by atoms with Gasteiger partial charge in [0.05, 0.1) is 12.2 Å². The maximum absolute atomic E-state index is 12.4. The summed E-state index contributed by atoms with van der Waals surface area (Å²) in [6.07, 6.45) is 0. The number of rotatable bonds is 5. The van der Waals surface area contributed by atoms with Gasteiger partial charge in [0.2, 0.25) is 0 Å². The molecule has 2 aromatic rings. The molecule has 0 saturated heterocycles. The van der Waals surface area contributed by atoms with Gasteiger partial charge >= 0.3 is 5.97 Å². The number of thiophene rings is 1. The molecule has 0 spiro atoms. The number of esters is 1. The fraction of sp³-hybridized carbons (Fsp3) is 0.400. The number of benzene rings is 1. The number of carbonyl (C=O) groups is 1. The molecule has 0 fully saturated rings. The Morgan fingerprint density at radius 2 is 1.92 bits per heavy atom. The summed E-state index contributed by atoms with van der Waals surface area (Å²) in [5.74, 6) is -0.347. The number of thiocarbonyl (C=S) groups is 1. The fourth-order valence-corrected chi connectivity index (χ4v) is 3.54. The summed E-state index contributed by atoms with van der Waals surface area (Å²) < 4.78 is 5.20. The van der Waals surface area contributed by atoms with Crippen molar-refractivity contribution in [2.45, 2.75) is 40.7 Å². The molecule has 2 N–H and O–H groups in total. The second-order valence-electron chi connectivity index (χ2n) is 7.13. The maximum atomic E-state index is 12.4. The van der Waals surface area contributed by atoms with Gasteiger partial charge in [-0.15, -0.1) is 11.3 Å². The van der Waals surface area contributed by atoms with Crippen molar-refractivity contribution in [3.8, 4) is 10.4 Å². The zero-order chi connectivity index (χ0) is 19.3. The predicted octanol–water partition coefficient (Wildman–Crippen LogP) is 5.31. The van der Waals surface area contributed by atoms with Crippen LogP contribution in [0, 0.1) is 5.41 Å². The van der Waals surface area contributed by atoms with Gasteiger partial charge in [0.15, 0.2) is 5.11 Å². The van der Waals surface area contributed by atoms with E-state index in [-0.39, 0.29) is 17.4 Å². The summed E-state index contributed by atoms with van der Waals surface area (Å²) >= 11 is 6.94.